The molecule has 2 aromatic carbocycles. The minimum Gasteiger partial charge on any atom is -0.451 e. The minimum atomic E-state index is -0.369. The maximum Gasteiger partial charge on any atom is 0.291 e. The number of nitriles is 1. The van der Waals surface area contributed by atoms with Crippen LogP contribution in [0.1, 0.15) is 29.0 Å². The summed E-state index contributed by atoms with van der Waals surface area (Å²) in [6.45, 7) is 5.38. The molecule has 0 spiro atoms. The van der Waals surface area contributed by atoms with E-state index in [0.717, 1.165) is 63.5 Å². The maximum atomic E-state index is 12.8. The number of carbonyl (C=O) groups is 1. The summed E-state index contributed by atoms with van der Waals surface area (Å²) in [6.07, 6.45) is 2.18. The molecule has 2 aliphatic rings. The average molecular weight is 491 g/mol. The summed E-state index contributed by atoms with van der Waals surface area (Å²) in [4.78, 5) is 17.5. The van der Waals surface area contributed by atoms with Gasteiger partial charge in [0.15, 0.2) is 5.76 Å². The Kier molecular flexibility index (Phi) is 7.05. The molecule has 2 aliphatic heterocycles. The Labute approximate surface area is 209 Å². The first kappa shape index (κ1) is 23.4. The van der Waals surface area contributed by atoms with Gasteiger partial charge in [0.25, 0.3) is 5.91 Å². The summed E-state index contributed by atoms with van der Waals surface area (Å²) < 4.78 is 11.2. The van der Waals surface area contributed by atoms with Crippen molar-refractivity contribution < 1.29 is 13.9 Å². The smallest absolute Gasteiger partial charge is 0.291 e. The predicted octanol–water partition coefficient (Wildman–Crippen LogP) is 5.02. The third-order valence-corrected chi connectivity index (χ3v) is 6.95. The number of nitrogens with zero attached hydrogens (tertiary/aromatic N) is 3. The van der Waals surface area contributed by atoms with Gasteiger partial charge in [-0.3, -0.25) is 9.69 Å². The van der Waals surface area contributed by atoms with Crippen molar-refractivity contribution in [3.8, 4) is 17.4 Å². The molecule has 0 radical (unpaired) electrons. The van der Waals surface area contributed by atoms with E-state index in [2.05, 4.69) is 21.2 Å². The van der Waals surface area contributed by atoms with Gasteiger partial charge in [0.2, 0.25) is 0 Å². The number of ether oxygens (including phenoxy) is 1. The summed E-state index contributed by atoms with van der Waals surface area (Å²) in [6, 6.07) is 19.0. The SMILES string of the molecule is N#Cc1cc(NC(=O)c2ccc(-c3ccc(Cl)cc3)o2)ccc1N1CCN(C2CCOCC2)CC1. The summed E-state index contributed by atoms with van der Waals surface area (Å²) >= 11 is 5.94. The highest BCUT2D eigenvalue weighted by molar-refractivity contribution is 6.30. The van der Waals surface area contributed by atoms with Crippen molar-refractivity contribution >= 4 is 28.9 Å². The summed E-state index contributed by atoms with van der Waals surface area (Å²) in [7, 11) is 0. The molecule has 8 heteroatoms. The molecule has 35 heavy (non-hydrogen) atoms. The molecular weight excluding hydrogens is 464 g/mol. The summed E-state index contributed by atoms with van der Waals surface area (Å²) in [5.41, 5.74) is 2.84. The molecule has 1 amide bonds. The molecule has 1 N–H and O–H groups in total. The second kappa shape index (κ2) is 10.5. The molecule has 180 valence electrons. The highest BCUT2D eigenvalue weighted by atomic mass is 35.5. The van der Waals surface area contributed by atoms with Gasteiger partial charge in [-0.2, -0.15) is 5.26 Å². The van der Waals surface area contributed by atoms with Crippen LogP contribution in [-0.2, 0) is 4.74 Å². The second-order valence-corrected chi connectivity index (χ2v) is 9.27. The van der Waals surface area contributed by atoms with Crippen LogP contribution < -0.4 is 10.2 Å². The van der Waals surface area contributed by atoms with Crippen LogP contribution in [0.4, 0.5) is 11.4 Å². The lowest BCUT2D eigenvalue weighted by atomic mass is 10.1. The van der Waals surface area contributed by atoms with Crippen LogP contribution in [0.5, 0.6) is 0 Å². The van der Waals surface area contributed by atoms with E-state index in [9.17, 15) is 10.1 Å². The van der Waals surface area contributed by atoms with Crippen molar-refractivity contribution in [1.29, 1.82) is 5.26 Å². The van der Waals surface area contributed by atoms with Gasteiger partial charge in [-0.1, -0.05) is 11.6 Å². The first-order valence-electron chi connectivity index (χ1n) is 11.9. The van der Waals surface area contributed by atoms with Crippen molar-refractivity contribution in [2.45, 2.75) is 18.9 Å². The number of hydrogen-bond acceptors (Lipinski definition) is 6. The van der Waals surface area contributed by atoms with Crippen LogP contribution in [-0.4, -0.2) is 56.2 Å². The third kappa shape index (κ3) is 5.35. The van der Waals surface area contributed by atoms with Gasteiger partial charge in [0.05, 0.1) is 11.3 Å². The Balaban J connectivity index is 1.23. The minimum absolute atomic E-state index is 0.196. The van der Waals surface area contributed by atoms with E-state index in [1.54, 1.807) is 30.3 Å². The van der Waals surface area contributed by atoms with E-state index in [4.69, 9.17) is 20.8 Å². The number of benzene rings is 2. The number of hydrogen-bond donors (Lipinski definition) is 1. The topological polar surface area (TPSA) is 81.7 Å². The van der Waals surface area contributed by atoms with Crippen molar-refractivity contribution in [3.63, 3.8) is 0 Å². The van der Waals surface area contributed by atoms with Crippen molar-refractivity contribution in [1.82, 2.24) is 4.90 Å². The number of piperazine rings is 1. The summed E-state index contributed by atoms with van der Waals surface area (Å²) in [5.74, 6) is 0.411. The van der Waals surface area contributed by atoms with Crippen LogP contribution in [0.15, 0.2) is 59.0 Å². The van der Waals surface area contributed by atoms with Gasteiger partial charge in [-0.05, 0) is 67.4 Å². The van der Waals surface area contributed by atoms with Crippen LogP contribution in [0.2, 0.25) is 5.02 Å². The van der Waals surface area contributed by atoms with E-state index < -0.39 is 0 Å². The molecular formula is C27H27ClN4O3. The normalized spacial score (nSPS) is 17.2. The Bertz CT molecular complexity index is 1220. The van der Waals surface area contributed by atoms with Crippen LogP contribution in [0, 0.1) is 11.3 Å². The molecule has 7 nitrogen and oxygen atoms in total. The first-order valence-corrected chi connectivity index (χ1v) is 12.3. The zero-order valence-electron chi connectivity index (χ0n) is 19.4. The van der Waals surface area contributed by atoms with Crippen LogP contribution in [0.3, 0.4) is 0 Å². The van der Waals surface area contributed by atoms with Crippen molar-refractivity contribution in [2.24, 2.45) is 0 Å². The molecule has 0 aliphatic carbocycles. The quantitative estimate of drug-likeness (QED) is 0.540. The van der Waals surface area contributed by atoms with E-state index in [1.807, 2.05) is 24.3 Å². The fourth-order valence-corrected chi connectivity index (χ4v) is 4.91. The third-order valence-electron chi connectivity index (χ3n) is 6.70. The zero-order valence-corrected chi connectivity index (χ0v) is 20.1. The van der Waals surface area contributed by atoms with Gasteiger partial charge >= 0.3 is 0 Å². The number of halogens is 1. The largest absolute Gasteiger partial charge is 0.451 e. The lowest BCUT2D eigenvalue weighted by molar-refractivity contribution is 0.0321. The zero-order chi connectivity index (χ0) is 24.2. The molecule has 2 saturated heterocycles. The monoisotopic (exact) mass is 490 g/mol. The summed E-state index contributed by atoms with van der Waals surface area (Å²) in [5, 5.41) is 13.3. The standard InChI is InChI=1S/C27H27ClN4O3/c28-21-3-1-19(2-4-21)25-7-8-26(35-25)27(33)30-22-5-6-24(20(17-22)18-29)32-13-11-31(12-14-32)23-9-15-34-16-10-23/h1-8,17,23H,9-16H2,(H,30,33). The maximum absolute atomic E-state index is 12.8. The van der Waals surface area contributed by atoms with Gasteiger partial charge in [-0.25, -0.2) is 0 Å². The van der Waals surface area contributed by atoms with E-state index >= 15 is 0 Å². The van der Waals surface area contributed by atoms with E-state index in [-0.39, 0.29) is 11.7 Å². The predicted molar refractivity (Wildman–Crippen MR) is 136 cm³/mol. The van der Waals surface area contributed by atoms with Crippen molar-refractivity contribution in [2.75, 3.05) is 49.6 Å². The van der Waals surface area contributed by atoms with E-state index in [1.165, 1.54) is 0 Å². The molecule has 1 aromatic heterocycles. The Hall–Kier alpha value is -3.31. The molecule has 3 heterocycles. The lowest BCUT2D eigenvalue weighted by Crippen LogP contribution is -2.51. The number of amides is 1. The first-order chi connectivity index (χ1) is 17.1. The van der Waals surface area contributed by atoms with Crippen LogP contribution >= 0.6 is 11.6 Å². The lowest BCUT2D eigenvalue weighted by Gasteiger charge is -2.41. The molecule has 3 aromatic rings. The average Bonchev–Trinajstić information content (AvgIpc) is 3.40. The van der Waals surface area contributed by atoms with E-state index in [0.29, 0.717) is 28.1 Å². The molecule has 0 bridgehead atoms. The Morgan fingerprint density at radius 2 is 1.74 bits per heavy atom. The van der Waals surface area contributed by atoms with Gasteiger partial charge in [-0.15, -0.1) is 0 Å². The molecule has 0 saturated carbocycles. The van der Waals surface area contributed by atoms with Crippen molar-refractivity contribution in [3.05, 3.63) is 70.9 Å². The van der Waals surface area contributed by atoms with Gasteiger partial charge in [0.1, 0.15) is 11.8 Å². The highest BCUT2D eigenvalue weighted by Crippen LogP contribution is 2.28. The molecule has 0 atom stereocenters. The highest BCUT2D eigenvalue weighted by Gasteiger charge is 2.26. The van der Waals surface area contributed by atoms with Crippen LogP contribution in [0.25, 0.3) is 11.3 Å². The Morgan fingerprint density at radius 3 is 2.46 bits per heavy atom. The number of anilines is 2. The fraction of sp³-hybridized carbons (Fsp3) is 0.333. The molecule has 2 fully saturated rings. The number of nitrogens with one attached hydrogen (secondary N) is 1. The Morgan fingerprint density at radius 1 is 1.00 bits per heavy atom. The van der Waals surface area contributed by atoms with Gasteiger partial charge in [0, 0.05) is 61.7 Å². The fourth-order valence-electron chi connectivity index (χ4n) is 4.78. The second-order valence-electron chi connectivity index (χ2n) is 8.84. The molecule has 0 unspecified atom stereocenters. The number of carbonyl (C=O) groups excluding carboxylic acids is 1. The molecule has 5 rings (SSSR count). The van der Waals surface area contributed by atoms with Gasteiger partial charge < -0.3 is 19.4 Å². The number of furan rings is 1. The number of rotatable bonds is 5.